The van der Waals surface area contributed by atoms with E-state index in [2.05, 4.69) is 4.90 Å². The van der Waals surface area contributed by atoms with E-state index in [0.717, 1.165) is 30.8 Å². The van der Waals surface area contributed by atoms with E-state index in [-0.39, 0.29) is 5.56 Å². The van der Waals surface area contributed by atoms with E-state index in [9.17, 15) is 13.2 Å². The Bertz CT molecular complexity index is 415. The van der Waals surface area contributed by atoms with Crippen molar-refractivity contribution in [2.24, 2.45) is 5.73 Å². The van der Waals surface area contributed by atoms with Crippen molar-refractivity contribution in [3.63, 3.8) is 0 Å². The molecule has 1 aliphatic heterocycles. The van der Waals surface area contributed by atoms with Crippen molar-refractivity contribution >= 4 is 5.69 Å². The Balaban J connectivity index is 2.30. The second-order valence-corrected chi connectivity index (χ2v) is 4.24. The van der Waals surface area contributed by atoms with Crippen LogP contribution in [0.5, 0.6) is 0 Å². The zero-order valence-electron chi connectivity index (χ0n) is 9.59. The molecule has 1 heterocycles. The van der Waals surface area contributed by atoms with Crippen molar-refractivity contribution in [2.75, 3.05) is 18.0 Å². The summed E-state index contributed by atoms with van der Waals surface area (Å²) < 4.78 is 37.5. The van der Waals surface area contributed by atoms with Crippen LogP contribution in [0.3, 0.4) is 0 Å². The summed E-state index contributed by atoms with van der Waals surface area (Å²) in [4.78, 5) is 2.15. The molecule has 2 rings (SSSR count). The lowest BCUT2D eigenvalue weighted by Crippen LogP contribution is -2.28. The Kier molecular flexibility index (Phi) is 3.03. The fourth-order valence-electron chi connectivity index (χ4n) is 2.20. The van der Waals surface area contributed by atoms with Crippen LogP contribution in [0.2, 0.25) is 0 Å². The molecule has 94 valence electrons. The zero-order valence-corrected chi connectivity index (χ0v) is 9.59. The van der Waals surface area contributed by atoms with Crippen molar-refractivity contribution in [1.82, 2.24) is 0 Å². The monoisotopic (exact) mass is 244 g/mol. The van der Waals surface area contributed by atoms with Gasteiger partial charge in [0.15, 0.2) is 0 Å². The molecule has 0 radical (unpaired) electrons. The molecule has 2 N–H and O–H groups in total. The van der Waals surface area contributed by atoms with E-state index in [1.807, 2.05) is 6.92 Å². The topological polar surface area (TPSA) is 29.3 Å². The van der Waals surface area contributed by atoms with E-state index in [1.165, 1.54) is 6.07 Å². The van der Waals surface area contributed by atoms with Gasteiger partial charge < -0.3 is 10.6 Å². The predicted molar refractivity (Wildman–Crippen MR) is 61.0 cm³/mol. The molecule has 0 fully saturated rings. The van der Waals surface area contributed by atoms with Gasteiger partial charge in [-0.05, 0) is 30.5 Å². The van der Waals surface area contributed by atoms with E-state index in [4.69, 9.17) is 5.73 Å². The Labute approximate surface area is 98.2 Å². The molecular weight excluding hydrogens is 229 g/mol. The van der Waals surface area contributed by atoms with Crippen LogP contribution in [-0.4, -0.2) is 19.3 Å². The minimum atomic E-state index is -4.38. The van der Waals surface area contributed by atoms with Crippen molar-refractivity contribution in [3.8, 4) is 0 Å². The van der Waals surface area contributed by atoms with Gasteiger partial charge in [0.2, 0.25) is 0 Å². The molecule has 1 unspecified atom stereocenters. The average molecular weight is 244 g/mol. The molecule has 0 spiro atoms. The summed E-state index contributed by atoms with van der Waals surface area (Å²) in [7, 11) is 0. The average Bonchev–Trinajstić information content (AvgIpc) is 2.68. The van der Waals surface area contributed by atoms with E-state index in [0.29, 0.717) is 0 Å². The highest BCUT2D eigenvalue weighted by Crippen LogP contribution is 2.35. The first kappa shape index (κ1) is 12.2. The molecule has 1 aliphatic rings. The Hall–Kier alpha value is -1.23. The lowest BCUT2D eigenvalue weighted by Gasteiger charge is -2.19. The fourth-order valence-corrected chi connectivity index (χ4v) is 2.20. The maximum absolute atomic E-state index is 12.5. The summed E-state index contributed by atoms with van der Waals surface area (Å²) in [6.07, 6.45) is -3.58. The first-order chi connectivity index (χ1) is 7.93. The third-order valence-electron chi connectivity index (χ3n) is 3.19. The van der Waals surface area contributed by atoms with Gasteiger partial charge in [-0.2, -0.15) is 13.2 Å². The molecule has 0 aliphatic carbocycles. The highest BCUT2D eigenvalue weighted by atomic mass is 19.4. The number of nitrogens with zero attached hydrogens (tertiary/aromatic N) is 1. The fraction of sp³-hybridized carbons (Fsp3) is 0.500. The van der Waals surface area contributed by atoms with Crippen molar-refractivity contribution in [2.45, 2.75) is 25.6 Å². The summed E-state index contributed by atoms with van der Waals surface area (Å²) >= 11 is 0. The number of hydrogen-bond acceptors (Lipinski definition) is 2. The number of likely N-dealkylation sites (N-methyl/N-ethyl adjacent to an activating group) is 1. The van der Waals surface area contributed by atoms with Crippen LogP contribution in [0.25, 0.3) is 0 Å². The van der Waals surface area contributed by atoms with Gasteiger partial charge in [0, 0.05) is 18.8 Å². The van der Waals surface area contributed by atoms with E-state index < -0.39 is 12.2 Å². The molecule has 1 aromatic rings. The van der Waals surface area contributed by atoms with Crippen LogP contribution in [0.15, 0.2) is 18.2 Å². The van der Waals surface area contributed by atoms with Crippen LogP contribution in [0, 0.1) is 0 Å². The molecule has 17 heavy (non-hydrogen) atoms. The van der Waals surface area contributed by atoms with Gasteiger partial charge in [-0.15, -0.1) is 0 Å². The van der Waals surface area contributed by atoms with Crippen LogP contribution < -0.4 is 10.6 Å². The van der Waals surface area contributed by atoms with Gasteiger partial charge in [0.25, 0.3) is 0 Å². The molecule has 1 aromatic carbocycles. The highest BCUT2D eigenvalue weighted by molar-refractivity contribution is 5.59. The minimum absolute atomic E-state index is 0.147. The number of anilines is 1. The quantitative estimate of drug-likeness (QED) is 0.866. The van der Waals surface area contributed by atoms with Crippen molar-refractivity contribution in [3.05, 3.63) is 29.3 Å². The normalized spacial score (nSPS) is 17.1. The van der Waals surface area contributed by atoms with E-state index in [1.54, 1.807) is 12.1 Å². The maximum atomic E-state index is 12.5. The summed E-state index contributed by atoms with van der Waals surface area (Å²) in [5.74, 6) is 0. The molecule has 1 atom stereocenters. The van der Waals surface area contributed by atoms with Gasteiger partial charge >= 0.3 is 6.18 Å². The number of hydrogen-bond donors (Lipinski definition) is 1. The summed E-state index contributed by atoms with van der Waals surface area (Å²) in [6.45, 7) is 3.78. The summed E-state index contributed by atoms with van der Waals surface area (Å²) in [5, 5.41) is 0. The number of fused-ring (bicyclic) bond motifs is 1. The number of alkyl halides is 3. The van der Waals surface area contributed by atoms with Crippen molar-refractivity contribution in [1.29, 1.82) is 0 Å². The van der Waals surface area contributed by atoms with Crippen LogP contribution in [0.1, 0.15) is 24.1 Å². The van der Waals surface area contributed by atoms with Gasteiger partial charge in [-0.1, -0.05) is 12.1 Å². The van der Waals surface area contributed by atoms with E-state index >= 15 is 0 Å². The summed E-state index contributed by atoms with van der Waals surface area (Å²) in [6, 6.07) is 2.92. The minimum Gasteiger partial charge on any atom is -0.371 e. The molecular formula is C12H15F3N2. The first-order valence-corrected chi connectivity index (χ1v) is 5.63. The molecule has 0 saturated carbocycles. The standard InChI is InChI=1S/C12H15F3N2/c1-2-17-6-5-8-7-9(3-4-10(8)17)11(16)12(13,14)15/h3-4,7,11H,2,5-6,16H2,1H3. The van der Waals surface area contributed by atoms with Crippen LogP contribution in [-0.2, 0) is 6.42 Å². The second-order valence-electron chi connectivity index (χ2n) is 4.24. The molecule has 0 aromatic heterocycles. The van der Waals surface area contributed by atoms with Gasteiger partial charge in [0.1, 0.15) is 6.04 Å². The largest absolute Gasteiger partial charge is 0.407 e. The molecule has 0 saturated heterocycles. The number of halogens is 3. The first-order valence-electron chi connectivity index (χ1n) is 5.63. The van der Waals surface area contributed by atoms with Gasteiger partial charge in [-0.25, -0.2) is 0 Å². The lowest BCUT2D eigenvalue weighted by molar-refractivity contribution is -0.149. The smallest absolute Gasteiger partial charge is 0.371 e. The molecule has 0 amide bonds. The Morgan fingerprint density at radius 1 is 1.41 bits per heavy atom. The molecule has 2 nitrogen and oxygen atoms in total. The molecule has 5 heteroatoms. The lowest BCUT2D eigenvalue weighted by atomic mass is 10.0. The number of benzene rings is 1. The second kappa shape index (κ2) is 4.22. The molecule has 0 bridgehead atoms. The predicted octanol–water partition coefficient (Wildman–Crippen LogP) is 2.63. The highest BCUT2D eigenvalue weighted by Gasteiger charge is 2.38. The Morgan fingerprint density at radius 2 is 2.12 bits per heavy atom. The van der Waals surface area contributed by atoms with Crippen LogP contribution in [0.4, 0.5) is 18.9 Å². The zero-order chi connectivity index (χ0) is 12.6. The third-order valence-corrected chi connectivity index (χ3v) is 3.19. The SMILES string of the molecule is CCN1CCc2cc(C(N)C(F)(F)F)ccc21. The van der Waals surface area contributed by atoms with Gasteiger partial charge in [-0.3, -0.25) is 0 Å². The number of rotatable bonds is 2. The van der Waals surface area contributed by atoms with Crippen molar-refractivity contribution < 1.29 is 13.2 Å². The van der Waals surface area contributed by atoms with Crippen LogP contribution >= 0.6 is 0 Å². The Morgan fingerprint density at radius 3 is 2.71 bits per heavy atom. The summed E-state index contributed by atoms with van der Waals surface area (Å²) in [5.41, 5.74) is 7.34. The third kappa shape index (κ3) is 2.24. The van der Waals surface area contributed by atoms with Gasteiger partial charge in [0.05, 0.1) is 0 Å². The number of nitrogens with two attached hydrogens (primary N) is 1. The maximum Gasteiger partial charge on any atom is 0.407 e.